The molecule has 26 heavy (non-hydrogen) atoms. The second-order valence-corrected chi connectivity index (χ2v) is 6.90. The van der Waals surface area contributed by atoms with Crippen LogP contribution in [0.4, 0.5) is 19.0 Å². The summed E-state index contributed by atoms with van der Waals surface area (Å²) in [6.45, 7) is 1.21. The van der Waals surface area contributed by atoms with E-state index in [4.69, 9.17) is 0 Å². The monoisotopic (exact) mass is 368 g/mol. The van der Waals surface area contributed by atoms with Gasteiger partial charge in [0.1, 0.15) is 5.82 Å². The fourth-order valence-corrected chi connectivity index (χ4v) is 3.42. The zero-order valence-electron chi connectivity index (χ0n) is 14.0. The van der Waals surface area contributed by atoms with Gasteiger partial charge in [0.15, 0.2) is 5.65 Å². The maximum absolute atomic E-state index is 13.0. The van der Waals surface area contributed by atoms with E-state index >= 15 is 0 Å². The number of hydrogen-bond acceptors (Lipinski definition) is 5. The summed E-state index contributed by atoms with van der Waals surface area (Å²) in [5, 5.41) is 13.9. The number of amides is 1. The molecule has 1 saturated heterocycles. The molecular weight excluding hydrogens is 349 g/mol. The number of alkyl halides is 3. The van der Waals surface area contributed by atoms with Gasteiger partial charge in [-0.3, -0.25) is 4.79 Å². The number of nitrogens with one attached hydrogen (secondary N) is 1. The van der Waals surface area contributed by atoms with Crippen molar-refractivity contribution in [2.45, 2.75) is 44.3 Å². The number of aromatic nitrogens is 4. The van der Waals surface area contributed by atoms with Crippen molar-refractivity contribution in [3.63, 3.8) is 0 Å². The van der Waals surface area contributed by atoms with Gasteiger partial charge in [0.2, 0.25) is 5.91 Å². The highest BCUT2D eigenvalue weighted by atomic mass is 19.4. The lowest BCUT2D eigenvalue weighted by Crippen LogP contribution is -2.50. The smallest absolute Gasteiger partial charge is 0.353 e. The van der Waals surface area contributed by atoms with E-state index in [-0.39, 0.29) is 23.5 Å². The molecule has 7 nitrogen and oxygen atoms in total. The van der Waals surface area contributed by atoms with Crippen LogP contribution in [0.2, 0.25) is 0 Å². The summed E-state index contributed by atoms with van der Waals surface area (Å²) in [5.41, 5.74) is 0.0490. The largest absolute Gasteiger partial charge is 0.453 e. The normalized spacial score (nSPS) is 21.7. The number of rotatable bonds is 3. The van der Waals surface area contributed by atoms with Crippen molar-refractivity contribution in [2.75, 3.05) is 18.0 Å². The van der Waals surface area contributed by atoms with Crippen molar-refractivity contribution in [3.05, 3.63) is 18.0 Å². The van der Waals surface area contributed by atoms with E-state index in [1.807, 2.05) is 4.90 Å². The molecule has 1 unspecified atom stereocenters. The molecule has 1 aliphatic carbocycles. The number of nitrogens with zero attached hydrogens (tertiary/aromatic N) is 5. The summed E-state index contributed by atoms with van der Waals surface area (Å²) in [5.74, 6) is -0.512. The molecule has 1 saturated carbocycles. The van der Waals surface area contributed by atoms with Crippen LogP contribution in [0.15, 0.2) is 12.1 Å². The van der Waals surface area contributed by atoms with Gasteiger partial charge in [-0.25, -0.2) is 0 Å². The predicted molar refractivity (Wildman–Crippen MR) is 86.5 cm³/mol. The van der Waals surface area contributed by atoms with Crippen molar-refractivity contribution >= 4 is 17.4 Å². The minimum absolute atomic E-state index is 0.0163. The van der Waals surface area contributed by atoms with Crippen LogP contribution in [0.1, 0.15) is 37.9 Å². The van der Waals surface area contributed by atoms with E-state index in [0.29, 0.717) is 18.9 Å². The summed E-state index contributed by atoms with van der Waals surface area (Å²) in [6.07, 6.45) is 0.0511. The van der Waals surface area contributed by atoms with E-state index < -0.39 is 12.0 Å². The zero-order chi connectivity index (χ0) is 18.3. The van der Waals surface area contributed by atoms with E-state index in [2.05, 4.69) is 20.6 Å². The van der Waals surface area contributed by atoms with Crippen LogP contribution in [0.25, 0.3) is 5.65 Å². The van der Waals surface area contributed by atoms with E-state index in [9.17, 15) is 18.0 Å². The number of piperidine rings is 1. The van der Waals surface area contributed by atoms with E-state index in [1.54, 1.807) is 6.07 Å². The Bertz CT molecular complexity index is 816. The highest BCUT2D eigenvalue weighted by Gasteiger charge is 2.38. The van der Waals surface area contributed by atoms with Crippen LogP contribution < -0.4 is 10.2 Å². The van der Waals surface area contributed by atoms with Crippen molar-refractivity contribution in [2.24, 2.45) is 5.92 Å². The van der Waals surface area contributed by atoms with Gasteiger partial charge in [0, 0.05) is 25.0 Å². The van der Waals surface area contributed by atoms with Gasteiger partial charge in [-0.1, -0.05) is 6.42 Å². The molecule has 0 bridgehead atoms. The molecule has 0 spiro atoms. The molecular formula is C16H19F3N6O. The minimum Gasteiger partial charge on any atom is -0.353 e. The Morgan fingerprint density at radius 1 is 1.15 bits per heavy atom. The Kier molecular flexibility index (Phi) is 4.20. The third-order valence-corrected chi connectivity index (χ3v) is 5.07. The van der Waals surface area contributed by atoms with Crippen LogP contribution in [0.5, 0.6) is 0 Å². The predicted octanol–water partition coefficient (Wildman–Crippen LogP) is 2.03. The number of carbonyl (C=O) groups is 1. The molecule has 3 heterocycles. The van der Waals surface area contributed by atoms with Gasteiger partial charge in [-0.15, -0.1) is 15.3 Å². The van der Waals surface area contributed by atoms with Gasteiger partial charge in [-0.2, -0.15) is 17.7 Å². The number of fused-ring (bicyclic) bond motifs is 1. The van der Waals surface area contributed by atoms with Crippen LogP contribution in [-0.4, -0.2) is 44.8 Å². The average Bonchev–Trinajstić information content (AvgIpc) is 2.96. The second-order valence-electron chi connectivity index (χ2n) is 6.90. The number of halogens is 3. The molecule has 4 rings (SSSR count). The first-order chi connectivity index (χ1) is 12.4. The first-order valence-corrected chi connectivity index (χ1v) is 8.77. The van der Waals surface area contributed by atoms with Crippen molar-refractivity contribution in [1.29, 1.82) is 0 Å². The highest BCUT2D eigenvalue weighted by molar-refractivity contribution is 5.79. The maximum Gasteiger partial charge on any atom is 0.453 e. The number of carbonyl (C=O) groups excluding carboxylic acids is 1. The van der Waals surface area contributed by atoms with Crippen molar-refractivity contribution in [1.82, 2.24) is 25.1 Å². The molecule has 2 fully saturated rings. The molecule has 1 aliphatic heterocycles. The molecule has 2 aromatic rings. The molecule has 2 aromatic heterocycles. The summed E-state index contributed by atoms with van der Waals surface area (Å²) < 4.78 is 39.8. The van der Waals surface area contributed by atoms with Crippen molar-refractivity contribution < 1.29 is 18.0 Å². The molecule has 0 radical (unpaired) electrons. The second kappa shape index (κ2) is 6.40. The van der Waals surface area contributed by atoms with Crippen LogP contribution in [0.3, 0.4) is 0 Å². The summed E-state index contributed by atoms with van der Waals surface area (Å²) in [7, 11) is 0. The Morgan fingerprint density at radius 3 is 2.65 bits per heavy atom. The summed E-state index contributed by atoms with van der Waals surface area (Å²) in [4.78, 5) is 14.0. The third kappa shape index (κ3) is 3.19. The van der Waals surface area contributed by atoms with Crippen LogP contribution in [-0.2, 0) is 11.0 Å². The lowest BCUT2D eigenvalue weighted by molar-refractivity contribution is -0.146. The minimum atomic E-state index is -4.62. The quantitative estimate of drug-likeness (QED) is 0.897. The lowest BCUT2D eigenvalue weighted by Gasteiger charge is -2.35. The lowest BCUT2D eigenvalue weighted by atomic mass is 9.84. The SMILES string of the molecule is O=C(NC1CCCN(c2ccc3nnc(C(F)(F)F)n3n2)C1)C1CCC1. The molecule has 1 N–H and O–H groups in total. The van der Waals surface area contributed by atoms with Gasteiger partial charge in [0.25, 0.3) is 5.82 Å². The van der Waals surface area contributed by atoms with Crippen LogP contribution in [0, 0.1) is 5.92 Å². The maximum atomic E-state index is 13.0. The third-order valence-electron chi connectivity index (χ3n) is 5.07. The first kappa shape index (κ1) is 17.0. The molecule has 0 aromatic carbocycles. The van der Waals surface area contributed by atoms with Gasteiger partial charge >= 0.3 is 6.18 Å². The molecule has 1 atom stereocenters. The molecule has 140 valence electrons. The first-order valence-electron chi connectivity index (χ1n) is 8.77. The molecule has 1 amide bonds. The van der Waals surface area contributed by atoms with Gasteiger partial charge < -0.3 is 10.2 Å². The summed E-state index contributed by atoms with van der Waals surface area (Å²) >= 11 is 0. The fourth-order valence-electron chi connectivity index (χ4n) is 3.42. The van der Waals surface area contributed by atoms with Crippen LogP contribution >= 0.6 is 0 Å². The average molecular weight is 368 g/mol. The Morgan fingerprint density at radius 2 is 1.96 bits per heavy atom. The Labute approximate surface area is 147 Å². The zero-order valence-corrected chi connectivity index (χ0v) is 14.0. The molecule has 2 aliphatic rings. The standard InChI is InChI=1S/C16H19F3N6O/c17-16(18,19)15-22-21-12-6-7-13(23-25(12)15)24-8-2-5-11(9-24)20-14(26)10-3-1-4-10/h6-7,10-11H,1-5,8-9H2,(H,20,26). The number of anilines is 1. The molecule has 10 heteroatoms. The van der Waals surface area contributed by atoms with Crippen molar-refractivity contribution in [3.8, 4) is 0 Å². The summed E-state index contributed by atoms with van der Waals surface area (Å²) in [6, 6.07) is 3.10. The number of hydrogen-bond donors (Lipinski definition) is 1. The highest BCUT2D eigenvalue weighted by Crippen LogP contribution is 2.29. The van der Waals surface area contributed by atoms with Gasteiger partial charge in [-0.05, 0) is 37.8 Å². The fraction of sp³-hybridized carbons (Fsp3) is 0.625. The van der Waals surface area contributed by atoms with E-state index in [1.165, 1.54) is 6.07 Å². The topological polar surface area (TPSA) is 75.4 Å². The Balaban J connectivity index is 1.51. The Hall–Kier alpha value is -2.39. The van der Waals surface area contributed by atoms with E-state index in [0.717, 1.165) is 36.6 Å². The van der Waals surface area contributed by atoms with Gasteiger partial charge in [0.05, 0.1) is 0 Å².